The van der Waals surface area contributed by atoms with Crippen LogP contribution in [0.3, 0.4) is 0 Å². The molecule has 2 heterocycles. The summed E-state index contributed by atoms with van der Waals surface area (Å²) < 4.78 is 0. The third-order valence-electron chi connectivity index (χ3n) is 2.46. The second-order valence-corrected chi connectivity index (χ2v) is 4.59. The summed E-state index contributed by atoms with van der Waals surface area (Å²) in [5.41, 5.74) is 12.3. The fourth-order valence-electron chi connectivity index (χ4n) is 1.46. The van der Waals surface area contributed by atoms with E-state index in [1.165, 1.54) is 20.0 Å². The molecule has 2 amide bonds. The minimum absolute atomic E-state index is 0. The van der Waals surface area contributed by atoms with Crippen LogP contribution in [0.25, 0.3) is 0 Å². The molecule has 0 aliphatic carbocycles. The van der Waals surface area contributed by atoms with Crippen LogP contribution in [-0.4, -0.2) is 21.8 Å². The highest BCUT2D eigenvalue weighted by Crippen LogP contribution is 2.05. The molecule has 0 radical (unpaired) electrons. The molecule has 0 saturated heterocycles. The molecule has 0 fully saturated rings. The summed E-state index contributed by atoms with van der Waals surface area (Å²) in [5, 5.41) is 5.09. The van der Waals surface area contributed by atoms with Crippen LogP contribution < -0.4 is 22.1 Å². The molecule has 0 bridgehead atoms. The van der Waals surface area contributed by atoms with Crippen LogP contribution in [0, 0.1) is 0 Å². The van der Waals surface area contributed by atoms with Gasteiger partial charge >= 0.3 is 0 Å². The predicted octanol–water partition coefficient (Wildman–Crippen LogP) is 2.39. The lowest BCUT2D eigenvalue weighted by atomic mass is 10.3. The summed E-state index contributed by atoms with van der Waals surface area (Å²) in [6, 6.07) is 6.89. The summed E-state index contributed by atoms with van der Waals surface area (Å²) in [6.45, 7) is 3.34. The van der Waals surface area contributed by atoms with E-state index >= 15 is 0 Å². The quantitative estimate of drug-likeness (QED) is 0.672. The maximum absolute atomic E-state index is 10.6. The van der Waals surface area contributed by atoms with E-state index in [1.807, 2.05) is 6.07 Å². The zero-order chi connectivity index (χ0) is 17.2. The Balaban J connectivity index is 0. The van der Waals surface area contributed by atoms with E-state index in [0.717, 1.165) is 5.56 Å². The number of nitrogens with zero attached hydrogens (tertiary/aromatic N) is 2. The molecule has 0 unspecified atom stereocenters. The number of pyridine rings is 2. The first kappa shape index (κ1) is 24.3. The van der Waals surface area contributed by atoms with Crippen molar-refractivity contribution < 1.29 is 9.59 Å². The first-order chi connectivity index (χ1) is 10.9. The van der Waals surface area contributed by atoms with Gasteiger partial charge in [-0.05, 0) is 23.8 Å². The number of nitrogen functional groups attached to an aromatic ring is 1. The van der Waals surface area contributed by atoms with Crippen LogP contribution in [0.4, 0.5) is 17.3 Å². The number of nitrogens with one attached hydrogen (secondary N) is 2. The van der Waals surface area contributed by atoms with E-state index in [9.17, 15) is 9.59 Å². The molecule has 0 aliphatic heterocycles. The number of carbonyl (C=O) groups excluding carboxylic acids is 2. The molecule has 2 aromatic heterocycles. The Morgan fingerprint density at radius 3 is 1.72 bits per heavy atom. The average Bonchev–Trinajstić information content (AvgIpc) is 2.50. The number of anilines is 3. The molecule has 0 atom stereocenters. The second kappa shape index (κ2) is 12.4. The Kier molecular flexibility index (Phi) is 12.1. The van der Waals surface area contributed by atoms with Gasteiger partial charge < -0.3 is 22.1 Å². The van der Waals surface area contributed by atoms with Crippen molar-refractivity contribution in [3.05, 3.63) is 42.2 Å². The Morgan fingerprint density at radius 1 is 0.920 bits per heavy atom. The third-order valence-corrected chi connectivity index (χ3v) is 2.46. The van der Waals surface area contributed by atoms with Crippen molar-refractivity contribution in [2.24, 2.45) is 5.73 Å². The van der Waals surface area contributed by atoms with Gasteiger partial charge in [0.05, 0.1) is 11.9 Å². The molecule has 0 aliphatic rings. The van der Waals surface area contributed by atoms with E-state index in [4.69, 9.17) is 11.5 Å². The first-order valence-electron chi connectivity index (χ1n) is 6.82. The molecule has 25 heavy (non-hydrogen) atoms. The molecule has 8 nitrogen and oxygen atoms in total. The molecular weight excluding hydrogens is 320 g/mol. The summed E-state index contributed by atoms with van der Waals surface area (Å²) in [4.78, 5) is 28.9. The summed E-state index contributed by atoms with van der Waals surface area (Å²) in [7, 11) is 0. The van der Waals surface area contributed by atoms with Crippen LogP contribution in [0.15, 0.2) is 36.7 Å². The van der Waals surface area contributed by atoms with Gasteiger partial charge in [-0.15, -0.1) is 0 Å². The zero-order valence-corrected chi connectivity index (χ0v) is 13.0. The smallest absolute Gasteiger partial charge is 0.222 e. The average molecular weight is 348 g/mol. The molecule has 0 saturated carbocycles. The standard InChI is InChI=1S/C8H11N3O.C7H9N3O.2CH4/c1-6(12)11-8-3-2-7(4-9)5-10-8;1-5(11)10-7-3-2-6(8)4-9-7;;/h2-3,5H,4,9H2,1H3,(H,10,11,12);2-4H,8H2,1H3,(H,9,10,11);2*1H4. The van der Waals surface area contributed by atoms with Crippen molar-refractivity contribution in [3.63, 3.8) is 0 Å². The van der Waals surface area contributed by atoms with E-state index in [-0.39, 0.29) is 26.7 Å². The van der Waals surface area contributed by atoms with Gasteiger partial charge in [0.2, 0.25) is 11.8 Å². The fraction of sp³-hybridized carbons (Fsp3) is 0.294. The van der Waals surface area contributed by atoms with Crippen LogP contribution in [-0.2, 0) is 16.1 Å². The minimum Gasteiger partial charge on any atom is -0.397 e. The number of nitrogens with two attached hydrogens (primary N) is 2. The lowest BCUT2D eigenvalue weighted by Gasteiger charge is -2.00. The molecule has 2 rings (SSSR count). The second-order valence-electron chi connectivity index (χ2n) is 4.59. The van der Waals surface area contributed by atoms with E-state index in [2.05, 4.69) is 20.6 Å². The van der Waals surface area contributed by atoms with Crippen LogP contribution in [0.5, 0.6) is 0 Å². The van der Waals surface area contributed by atoms with E-state index < -0.39 is 0 Å². The highest BCUT2D eigenvalue weighted by atomic mass is 16.2. The Bertz CT molecular complexity index is 641. The van der Waals surface area contributed by atoms with Crippen molar-refractivity contribution in [1.29, 1.82) is 0 Å². The number of aromatic nitrogens is 2. The van der Waals surface area contributed by atoms with E-state index in [0.29, 0.717) is 23.9 Å². The van der Waals surface area contributed by atoms with Gasteiger partial charge in [-0.3, -0.25) is 9.59 Å². The van der Waals surface area contributed by atoms with Crippen molar-refractivity contribution in [2.75, 3.05) is 16.4 Å². The van der Waals surface area contributed by atoms with Crippen LogP contribution in [0.2, 0.25) is 0 Å². The first-order valence-corrected chi connectivity index (χ1v) is 6.82. The summed E-state index contributed by atoms with van der Waals surface area (Å²) >= 11 is 0. The molecular formula is C17H28N6O2. The SMILES string of the molecule is C.C.CC(=O)Nc1ccc(CN)cn1.CC(=O)Nc1ccc(N)cn1. The normalized spacial score (nSPS) is 8.60. The highest BCUT2D eigenvalue weighted by Gasteiger charge is 1.96. The summed E-state index contributed by atoms with van der Waals surface area (Å²) in [6.07, 6.45) is 3.14. The van der Waals surface area contributed by atoms with Gasteiger partial charge in [-0.1, -0.05) is 20.9 Å². The Morgan fingerprint density at radius 2 is 1.40 bits per heavy atom. The van der Waals surface area contributed by atoms with Gasteiger partial charge in [-0.25, -0.2) is 9.97 Å². The molecule has 2 aromatic rings. The van der Waals surface area contributed by atoms with Crippen molar-refractivity contribution in [2.45, 2.75) is 35.2 Å². The lowest BCUT2D eigenvalue weighted by molar-refractivity contribution is -0.115. The molecule has 8 heteroatoms. The van der Waals surface area contributed by atoms with Gasteiger partial charge in [0.15, 0.2) is 0 Å². The summed E-state index contributed by atoms with van der Waals surface area (Å²) in [5.74, 6) is 0.816. The number of rotatable bonds is 3. The topological polar surface area (TPSA) is 136 Å². The van der Waals surface area contributed by atoms with Crippen molar-refractivity contribution in [1.82, 2.24) is 9.97 Å². The third kappa shape index (κ3) is 10.4. The molecule has 0 spiro atoms. The molecule has 0 aromatic carbocycles. The lowest BCUT2D eigenvalue weighted by Crippen LogP contribution is -2.07. The molecule has 6 N–H and O–H groups in total. The van der Waals surface area contributed by atoms with Gasteiger partial charge in [0.1, 0.15) is 11.6 Å². The number of hydrogen-bond donors (Lipinski definition) is 4. The zero-order valence-electron chi connectivity index (χ0n) is 13.0. The minimum atomic E-state index is -0.137. The van der Waals surface area contributed by atoms with Gasteiger partial charge in [0.25, 0.3) is 0 Å². The molecule has 138 valence electrons. The fourth-order valence-corrected chi connectivity index (χ4v) is 1.46. The number of amides is 2. The van der Waals surface area contributed by atoms with Crippen LogP contribution in [0.1, 0.15) is 34.3 Å². The number of carbonyl (C=O) groups is 2. The van der Waals surface area contributed by atoms with Crippen molar-refractivity contribution in [3.8, 4) is 0 Å². The van der Waals surface area contributed by atoms with Gasteiger partial charge in [-0.2, -0.15) is 0 Å². The largest absolute Gasteiger partial charge is 0.397 e. The van der Waals surface area contributed by atoms with Crippen molar-refractivity contribution >= 4 is 29.1 Å². The van der Waals surface area contributed by atoms with Gasteiger partial charge in [0, 0.05) is 26.6 Å². The maximum atomic E-state index is 10.6. The monoisotopic (exact) mass is 348 g/mol. The highest BCUT2D eigenvalue weighted by molar-refractivity contribution is 5.88. The Labute approximate surface area is 149 Å². The van der Waals surface area contributed by atoms with E-state index in [1.54, 1.807) is 24.4 Å². The van der Waals surface area contributed by atoms with Crippen LogP contribution >= 0.6 is 0 Å². The predicted molar refractivity (Wildman–Crippen MR) is 103 cm³/mol. The number of hydrogen-bond acceptors (Lipinski definition) is 6. The Hall–Kier alpha value is -3.00. The maximum Gasteiger partial charge on any atom is 0.222 e.